The molecule has 1 fully saturated rings. The molecule has 1 rings (SSSR count). The van der Waals surface area contributed by atoms with Gasteiger partial charge in [0.25, 0.3) is 0 Å². The van der Waals surface area contributed by atoms with Crippen LogP contribution in [-0.2, 0) is 0 Å². The summed E-state index contributed by atoms with van der Waals surface area (Å²) in [5, 5.41) is 0. The fraction of sp³-hybridized carbons (Fsp3) is 1.00. The van der Waals surface area contributed by atoms with Crippen LogP contribution in [0, 0.1) is 23.7 Å². The van der Waals surface area contributed by atoms with E-state index in [-0.39, 0.29) is 0 Å². The molecule has 0 saturated heterocycles. The van der Waals surface area contributed by atoms with Crippen LogP contribution in [0.4, 0.5) is 0 Å². The Morgan fingerprint density at radius 3 is 1.76 bits per heavy atom. The summed E-state index contributed by atoms with van der Waals surface area (Å²) in [6.07, 6.45) is 5.82. The molecule has 0 N–H and O–H groups in total. The van der Waals surface area contributed by atoms with Crippen molar-refractivity contribution in [3.63, 3.8) is 0 Å². The van der Waals surface area contributed by atoms with Crippen LogP contribution < -0.4 is 0 Å². The topological polar surface area (TPSA) is 0 Å². The predicted octanol–water partition coefficient (Wildman–Crippen LogP) is 5.35. The zero-order valence-corrected chi connectivity index (χ0v) is 14.2. The summed E-state index contributed by atoms with van der Waals surface area (Å²) in [5.74, 6) is 3.90. The summed E-state index contributed by atoms with van der Waals surface area (Å²) in [6, 6.07) is 1.60. The molecule has 0 bridgehead atoms. The molecule has 17 heavy (non-hydrogen) atoms. The van der Waals surface area contributed by atoms with Crippen LogP contribution in [0.1, 0.15) is 60.3 Å². The molecule has 0 heterocycles. The molecule has 5 unspecified atom stereocenters. The fourth-order valence-corrected chi connectivity index (χ4v) is 8.35. The van der Waals surface area contributed by atoms with Crippen LogP contribution in [0.2, 0.25) is 18.1 Å². The second kappa shape index (κ2) is 6.97. The Kier molecular flexibility index (Phi) is 6.26. The minimum absolute atomic E-state index is 0.490. The molecule has 0 aromatic rings. The number of hydrogen-bond donors (Lipinski definition) is 0. The first-order valence-electron chi connectivity index (χ1n) is 8.00. The average molecular weight is 255 g/mol. The third kappa shape index (κ3) is 3.59. The van der Waals surface area contributed by atoms with Gasteiger partial charge >= 0.3 is 0 Å². The van der Waals surface area contributed by atoms with Gasteiger partial charge in [-0.3, -0.25) is 0 Å². The van der Waals surface area contributed by atoms with E-state index in [9.17, 15) is 0 Å². The lowest BCUT2D eigenvalue weighted by atomic mass is 9.92. The van der Waals surface area contributed by atoms with Gasteiger partial charge in [-0.2, -0.15) is 0 Å². The number of unbranched alkanes of at least 4 members (excludes halogenated alkanes) is 3. The van der Waals surface area contributed by atoms with Gasteiger partial charge in [0.05, 0.1) is 0 Å². The lowest BCUT2D eigenvalue weighted by molar-refractivity contribution is 0.352. The molecule has 0 aliphatic heterocycles. The third-order valence-corrected chi connectivity index (χ3v) is 9.72. The van der Waals surface area contributed by atoms with Gasteiger partial charge in [-0.15, -0.1) is 0 Å². The molecule has 1 saturated carbocycles. The van der Waals surface area contributed by atoms with Gasteiger partial charge in [0.1, 0.15) is 0 Å². The highest BCUT2D eigenvalue weighted by Gasteiger charge is 2.43. The van der Waals surface area contributed by atoms with Crippen molar-refractivity contribution in [2.45, 2.75) is 78.4 Å². The van der Waals surface area contributed by atoms with Gasteiger partial charge in [0, 0.05) is 8.80 Å². The normalized spacial score (nSPS) is 39.5. The average Bonchev–Trinajstić information content (AvgIpc) is 2.49. The Morgan fingerprint density at radius 2 is 1.29 bits per heavy atom. The van der Waals surface area contributed by atoms with Crippen molar-refractivity contribution < 1.29 is 0 Å². The van der Waals surface area contributed by atoms with Crippen molar-refractivity contribution in [1.82, 2.24) is 0 Å². The number of rotatable bonds is 6. The highest BCUT2D eigenvalue weighted by Crippen LogP contribution is 2.51. The molecule has 0 nitrogen and oxygen atoms in total. The molecule has 0 aromatic carbocycles. The molecule has 0 spiro atoms. The molecular formula is C16H34Si. The zero-order valence-electron chi connectivity index (χ0n) is 13.0. The molecule has 0 amide bonds. The Morgan fingerprint density at radius 1 is 0.765 bits per heavy atom. The Labute approximate surface area is 111 Å². The Balaban J connectivity index is 2.43. The minimum atomic E-state index is -0.490. The standard InChI is InChI=1S/C16H34Si/c1-7-8-9-10-11-17(6)16-14(4)12(2)13(3)15(16)5/h12-17H,7-11H2,1-6H3. The van der Waals surface area contributed by atoms with Crippen LogP contribution in [0.15, 0.2) is 0 Å². The Hall–Kier alpha value is 0.217. The maximum atomic E-state index is 2.65. The minimum Gasteiger partial charge on any atom is -0.0718 e. The number of hydrogen-bond acceptors (Lipinski definition) is 0. The van der Waals surface area contributed by atoms with Gasteiger partial charge in [0.15, 0.2) is 0 Å². The molecule has 1 aliphatic carbocycles. The first-order valence-corrected chi connectivity index (χ1v) is 10.6. The highest BCUT2D eigenvalue weighted by atomic mass is 28.3. The molecule has 1 aliphatic rings. The highest BCUT2D eigenvalue weighted by molar-refractivity contribution is 6.59. The molecule has 102 valence electrons. The van der Waals surface area contributed by atoms with Gasteiger partial charge in [-0.05, 0) is 29.2 Å². The summed E-state index contributed by atoms with van der Waals surface area (Å²) in [5.41, 5.74) is 1.11. The molecule has 1 heteroatoms. The summed E-state index contributed by atoms with van der Waals surface area (Å²) in [7, 11) is -0.490. The second-order valence-corrected chi connectivity index (χ2v) is 10.1. The van der Waals surface area contributed by atoms with Crippen molar-refractivity contribution in [2.75, 3.05) is 0 Å². The van der Waals surface area contributed by atoms with Gasteiger partial charge in [0.2, 0.25) is 0 Å². The smallest absolute Gasteiger partial charge is 0.0374 e. The zero-order chi connectivity index (χ0) is 13.0. The largest absolute Gasteiger partial charge is 0.0718 e. The molecule has 0 aromatic heterocycles. The first kappa shape index (κ1) is 15.3. The summed E-state index contributed by atoms with van der Waals surface area (Å²) < 4.78 is 0. The van der Waals surface area contributed by atoms with E-state index in [4.69, 9.17) is 0 Å². The van der Waals surface area contributed by atoms with Gasteiger partial charge < -0.3 is 0 Å². The molecule has 5 atom stereocenters. The second-order valence-electron chi connectivity index (χ2n) is 6.84. The van der Waals surface area contributed by atoms with E-state index in [1.165, 1.54) is 25.7 Å². The van der Waals surface area contributed by atoms with Crippen LogP contribution >= 0.6 is 0 Å². The van der Waals surface area contributed by atoms with Crippen LogP contribution in [-0.4, -0.2) is 8.80 Å². The van der Waals surface area contributed by atoms with Crippen LogP contribution in [0.3, 0.4) is 0 Å². The van der Waals surface area contributed by atoms with E-state index < -0.39 is 8.80 Å². The van der Waals surface area contributed by atoms with E-state index >= 15 is 0 Å². The van der Waals surface area contributed by atoms with Crippen molar-refractivity contribution in [3.05, 3.63) is 0 Å². The van der Waals surface area contributed by atoms with E-state index in [1.54, 1.807) is 6.04 Å². The maximum Gasteiger partial charge on any atom is 0.0374 e. The Bertz CT molecular complexity index is 200. The predicted molar refractivity (Wildman–Crippen MR) is 82.4 cm³/mol. The molecular weight excluding hydrogens is 220 g/mol. The van der Waals surface area contributed by atoms with E-state index in [1.807, 2.05) is 0 Å². The van der Waals surface area contributed by atoms with E-state index in [2.05, 4.69) is 41.2 Å². The fourth-order valence-electron chi connectivity index (χ4n) is 4.26. The van der Waals surface area contributed by atoms with Crippen LogP contribution in [0.5, 0.6) is 0 Å². The van der Waals surface area contributed by atoms with Crippen molar-refractivity contribution in [3.8, 4) is 0 Å². The maximum absolute atomic E-state index is 2.65. The summed E-state index contributed by atoms with van der Waals surface area (Å²) >= 11 is 0. The first-order chi connectivity index (χ1) is 8.00. The van der Waals surface area contributed by atoms with E-state index in [0.29, 0.717) is 0 Å². The monoisotopic (exact) mass is 254 g/mol. The quantitative estimate of drug-likeness (QED) is 0.442. The third-order valence-electron chi connectivity index (χ3n) is 5.87. The van der Waals surface area contributed by atoms with E-state index in [0.717, 1.165) is 29.2 Å². The summed E-state index contributed by atoms with van der Waals surface area (Å²) in [4.78, 5) is 0. The summed E-state index contributed by atoms with van der Waals surface area (Å²) in [6.45, 7) is 15.0. The van der Waals surface area contributed by atoms with Crippen molar-refractivity contribution in [2.24, 2.45) is 23.7 Å². The van der Waals surface area contributed by atoms with Crippen molar-refractivity contribution in [1.29, 1.82) is 0 Å². The lowest BCUT2D eigenvalue weighted by Crippen LogP contribution is -2.24. The van der Waals surface area contributed by atoms with Crippen LogP contribution in [0.25, 0.3) is 0 Å². The van der Waals surface area contributed by atoms with Gasteiger partial charge in [-0.1, -0.05) is 72.9 Å². The van der Waals surface area contributed by atoms with Gasteiger partial charge in [-0.25, -0.2) is 0 Å². The molecule has 0 radical (unpaired) electrons. The van der Waals surface area contributed by atoms with Crippen molar-refractivity contribution >= 4 is 8.80 Å². The SMILES string of the molecule is CCCCCC[SiH](C)C1C(C)C(C)C(C)C1C. The lowest BCUT2D eigenvalue weighted by Gasteiger charge is -2.27.